The van der Waals surface area contributed by atoms with Gasteiger partial charge in [0.05, 0.1) is 6.04 Å². The van der Waals surface area contributed by atoms with Crippen LogP contribution >= 0.6 is 0 Å². The molecule has 1 atom stereocenters. The molecular weight excluding hydrogens is 286 g/mol. The van der Waals surface area contributed by atoms with E-state index in [4.69, 9.17) is 4.74 Å². The van der Waals surface area contributed by atoms with E-state index in [0.29, 0.717) is 0 Å². The highest BCUT2D eigenvalue weighted by Gasteiger charge is 2.13. The summed E-state index contributed by atoms with van der Waals surface area (Å²) in [6.45, 7) is 6.27. The molecule has 0 radical (unpaired) electrons. The number of aryl methyl sites for hydroxylation is 2. The minimum atomic E-state index is -0.100. The van der Waals surface area contributed by atoms with Gasteiger partial charge in [-0.1, -0.05) is 55.8 Å². The van der Waals surface area contributed by atoms with Gasteiger partial charge in [-0.15, -0.1) is 0 Å². The average molecular weight is 311 g/mol. The summed E-state index contributed by atoms with van der Waals surface area (Å²) in [5.41, 5.74) is 3.60. The van der Waals surface area contributed by atoms with Crippen molar-refractivity contribution in [1.82, 2.24) is 5.32 Å². The second-order valence-electron chi connectivity index (χ2n) is 5.73. The van der Waals surface area contributed by atoms with Gasteiger partial charge in [0.15, 0.2) is 6.61 Å². The summed E-state index contributed by atoms with van der Waals surface area (Å²) in [4.78, 5) is 12.1. The van der Waals surface area contributed by atoms with E-state index < -0.39 is 0 Å². The number of rotatable bonds is 7. The first-order valence-corrected chi connectivity index (χ1v) is 8.20. The highest BCUT2D eigenvalue weighted by atomic mass is 16.5. The van der Waals surface area contributed by atoms with Crippen molar-refractivity contribution in [3.8, 4) is 5.75 Å². The third-order valence-corrected chi connectivity index (χ3v) is 3.92. The maximum Gasteiger partial charge on any atom is 0.258 e. The molecule has 3 heteroatoms. The Morgan fingerprint density at radius 3 is 2.26 bits per heavy atom. The molecule has 0 aliphatic rings. The molecule has 0 saturated heterocycles. The van der Waals surface area contributed by atoms with Gasteiger partial charge in [-0.2, -0.15) is 0 Å². The fraction of sp³-hybridized carbons (Fsp3) is 0.350. The van der Waals surface area contributed by atoms with Gasteiger partial charge in [0.2, 0.25) is 0 Å². The van der Waals surface area contributed by atoms with Crippen molar-refractivity contribution in [2.45, 2.75) is 39.7 Å². The monoisotopic (exact) mass is 311 g/mol. The molecule has 3 nitrogen and oxygen atoms in total. The van der Waals surface area contributed by atoms with E-state index in [2.05, 4.69) is 50.4 Å². The molecule has 0 heterocycles. The van der Waals surface area contributed by atoms with Crippen LogP contribution in [-0.4, -0.2) is 12.5 Å². The van der Waals surface area contributed by atoms with E-state index in [0.717, 1.165) is 24.2 Å². The zero-order valence-corrected chi connectivity index (χ0v) is 14.1. The summed E-state index contributed by atoms with van der Waals surface area (Å²) in [7, 11) is 0. The summed E-state index contributed by atoms with van der Waals surface area (Å²) < 4.78 is 5.56. The molecule has 2 aromatic carbocycles. The smallest absolute Gasteiger partial charge is 0.258 e. The maximum atomic E-state index is 12.1. The van der Waals surface area contributed by atoms with Crippen LogP contribution in [0.25, 0.3) is 0 Å². The van der Waals surface area contributed by atoms with Crippen LogP contribution in [0.3, 0.4) is 0 Å². The number of benzene rings is 2. The van der Waals surface area contributed by atoms with Gasteiger partial charge in [0.25, 0.3) is 5.91 Å². The molecular formula is C20H25NO2. The Labute approximate surface area is 138 Å². The highest BCUT2D eigenvalue weighted by Crippen LogP contribution is 2.17. The second-order valence-corrected chi connectivity index (χ2v) is 5.73. The Balaban J connectivity index is 1.88. The molecule has 0 bridgehead atoms. The van der Waals surface area contributed by atoms with Crippen molar-refractivity contribution in [2.24, 2.45) is 0 Å². The van der Waals surface area contributed by atoms with Gasteiger partial charge in [0.1, 0.15) is 5.75 Å². The summed E-state index contributed by atoms with van der Waals surface area (Å²) in [5, 5.41) is 3.03. The molecule has 23 heavy (non-hydrogen) atoms. The lowest BCUT2D eigenvalue weighted by atomic mass is 10.0. The first-order chi connectivity index (χ1) is 11.1. The first kappa shape index (κ1) is 17.1. The van der Waals surface area contributed by atoms with Crippen LogP contribution in [0, 0.1) is 6.92 Å². The van der Waals surface area contributed by atoms with E-state index in [9.17, 15) is 4.79 Å². The standard InChI is InChI=1S/C20H25NO2/c1-4-16-8-12-18(13-9-16)23-14-20(22)21-19(5-2)17-10-6-15(3)7-11-17/h6-13,19H,4-5,14H2,1-3H3,(H,21,22). The second kappa shape index (κ2) is 8.37. The Kier molecular flexibility index (Phi) is 6.21. The topological polar surface area (TPSA) is 38.3 Å². The largest absolute Gasteiger partial charge is 0.484 e. The molecule has 0 aliphatic heterocycles. The van der Waals surface area contributed by atoms with E-state index in [-0.39, 0.29) is 18.6 Å². The van der Waals surface area contributed by atoms with Crippen LogP contribution in [-0.2, 0) is 11.2 Å². The predicted molar refractivity (Wildman–Crippen MR) is 93.7 cm³/mol. The van der Waals surface area contributed by atoms with Crippen molar-refractivity contribution in [2.75, 3.05) is 6.61 Å². The van der Waals surface area contributed by atoms with E-state index in [1.54, 1.807) is 0 Å². The number of carbonyl (C=O) groups excluding carboxylic acids is 1. The minimum absolute atomic E-state index is 0.0224. The number of nitrogens with one attached hydrogen (secondary N) is 1. The zero-order chi connectivity index (χ0) is 16.7. The highest BCUT2D eigenvalue weighted by molar-refractivity contribution is 5.78. The van der Waals surface area contributed by atoms with Crippen molar-refractivity contribution in [1.29, 1.82) is 0 Å². The average Bonchev–Trinajstić information content (AvgIpc) is 2.59. The zero-order valence-electron chi connectivity index (χ0n) is 14.1. The molecule has 0 aromatic heterocycles. The molecule has 1 amide bonds. The van der Waals surface area contributed by atoms with Crippen molar-refractivity contribution in [3.63, 3.8) is 0 Å². The Hall–Kier alpha value is -2.29. The van der Waals surface area contributed by atoms with Crippen LogP contribution in [0.1, 0.15) is 43.0 Å². The van der Waals surface area contributed by atoms with Gasteiger partial charge < -0.3 is 10.1 Å². The summed E-state index contributed by atoms with van der Waals surface area (Å²) >= 11 is 0. The first-order valence-electron chi connectivity index (χ1n) is 8.20. The summed E-state index contributed by atoms with van der Waals surface area (Å²) in [6.07, 6.45) is 1.84. The van der Waals surface area contributed by atoms with Crippen LogP contribution in [0.5, 0.6) is 5.75 Å². The molecule has 1 N–H and O–H groups in total. The summed E-state index contributed by atoms with van der Waals surface area (Å²) in [5.74, 6) is 0.623. The fourth-order valence-electron chi connectivity index (χ4n) is 2.43. The molecule has 0 aliphatic carbocycles. The molecule has 2 rings (SSSR count). The lowest BCUT2D eigenvalue weighted by Gasteiger charge is -2.18. The number of hydrogen-bond donors (Lipinski definition) is 1. The number of carbonyl (C=O) groups is 1. The van der Waals surface area contributed by atoms with Crippen molar-refractivity contribution < 1.29 is 9.53 Å². The van der Waals surface area contributed by atoms with Crippen LogP contribution < -0.4 is 10.1 Å². The van der Waals surface area contributed by atoms with Crippen molar-refractivity contribution >= 4 is 5.91 Å². The van der Waals surface area contributed by atoms with Gasteiger partial charge in [-0.3, -0.25) is 4.79 Å². The number of hydrogen-bond acceptors (Lipinski definition) is 2. The molecule has 0 spiro atoms. The van der Waals surface area contributed by atoms with E-state index >= 15 is 0 Å². The van der Waals surface area contributed by atoms with Gasteiger partial charge in [0, 0.05) is 0 Å². The predicted octanol–water partition coefficient (Wildman–Crippen LogP) is 4.20. The quantitative estimate of drug-likeness (QED) is 0.832. The van der Waals surface area contributed by atoms with Gasteiger partial charge in [-0.05, 0) is 43.0 Å². The van der Waals surface area contributed by atoms with Crippen molar-refractivity contribution in [3.05, 3.63) is 65.2 Å². The normalized spacial score (nSPS) is 11.8. The third-order valence-electron chi connectivity index (χ3n) is 3.92. The van der Waals surface area contributed by atoms with Crippen LogP contribution in [0.2, 0.25) is 0 Å². The van der Waals surface area contributed by atoms with Crippen LogP contribution in [0.15, 0.2) is 48.5 Å². The lowest BCUT2D eigenvalue weighted by Crippen LogP contribution is -2.32. The van der Waals surface area contributed by atoms with Gasteiger partial charge >= 0.3 is 0 Å². The minimum Gasteiger partial charge on any atom is -0.484 e. The fourth-order valence-corrected chi connectivity index (χ4v) is 2.43. The Morgan fingerprint density at radius 2 is 1.70 bits per heavy atom. The van der Waals surface area contributed by atoms with Crippen LogP contribution in [0.4, 0.5) is 0 Å². The van der Waals surface area contributed by atoms with E-state index in [1.165, 1.54) is 11.1 Å². The Morgan fingerprint density at radius 1 is 1.04 bits per heavy atom. The molecule has 122 valence electrons. The Bertz CT molecular complexity index is 617. The number of ether oxygens (including phenoxy) is 1. The lowest BCUT2D eigenvalue weighted by molar-refractivity contribution is -0.123. The van der Waals surface area contributed by atoms with Gasteiger partial charge in [-0.25, -0.2) is 0 Å². The maximum absolute atomic E-state index is 12.1. The SMILES string of the molecule is CCc1ccc(OCC(=O)NC(CC)c2ccc(C)cc2)cc1. The molecule has 0 saturated carbocycles. The molecule has 1 unspecified atom stereocenters. The summed E-state index contributed by atoms with van der Waals surface area (Å²) in [6, 6.07) is 16.1. The third kappa shape index (κ3) is 5.13. The molecule has 0 fully saturated rings. The molecule has 2 aromatic rings. The number of amides is 1. The van der Waals surface area contributed by atoms with E-state index in [1.807, 2.05) is 24.3 Å².